The van der Waals surface area contributed by atoms with Crippen LogP contribution in [0.2, 0.25) is 0 Å². The highest BCUT2D eigenvalue weighted by Gasteiger charge is 2.26. The van der Waals surface area contributed by atoms with Crippen LogP contribution in [-0.4, -0.2) is 28.0 Å². The Hall–Kier alpha value is -3.33. The van der Waals surface area contributed by atoms with Crippen molar-refractivity contribution >= 4 is 34.9 Å². The predicted octanol–water partition coefficient (Wildman–Crippen LogP) is 1.73. The van der Waals surface area contributed by atoms with Gasteiger partial charge in [-0.15, -0.1) is 0 Å². The first-order chi connectivity index (χ1) is 12.4. The molecule has 3 rings (SSSR count). The Bertz CT molecular complexity index is 880. The van der Waals surface area contributed by atoms with Crippen LogP contribution >= 0.6 is 12.2 Å². The molecule has 2 aromatic carbocycles. The van der Waals surface area contributed by atoms with E-state index in [0.717, 1.165) is 5.56 Å². The second kappa shape index (κ2) is 7.28. The van der Waals surface area contributed by atoms with Crippen LogP contribution in [0.25, 0.3) is 0 Å². The Kier molecular flexibility index (Phi) is 4.90. The number of carbonyl (C=O) groups is 2. The Labute approximate surface area is 153 Å². The van der Waals surface area contributed by atoms with E-state index in [-0.39, 0.29) is 17.2 Å². The summed E-state index contributed by atoms with van der Waals surface area (Å²) < 4.78 is 5.24. The second-order valence-corrected chi connectivity index (χ2v) is 5.97. The molecule has 1 saturated heterocycles. The van der Waals surface area contributed by atoms with Gasteiger partial charge in [0.15, 0.2) is 5.11 Å². The number of benzene rings is 2. The molecule has 2 N–H and O–H groups in total. The van der Waals surface area contributed by atoms with Gasteiger partial charge < -0.3 is 15.4 Å². The van der Waals surface area contributed by atoms with E-state index in [1.165, 1.54) is 24.3 Å². The lowest BCUT2D eigenvalue weighted by atomic mass is 10.1. The van der Waals surface area contributed by atoms with Gasteiger partial charge >= 0.3 is 5.97 Å². The molecule has 1 heterocycles. The van der Waals surface area contributed by atoms with E-state index in [4.69, 9.17) is 17.0 Å². The zero-order valence-corrected chi connectivity index (χ0v) is 14.1. The van der Waals surface area contributed by atoms with Crippen LogP contribution in [0.15, 0.2) is 48.5 Å². The van der Waals surface area contributed by atoms with Crippen molar-refractivity contribution in [3.05, 3.63) is 69.8 Å². The Morgan fingerprint density at radius 2 is 1.81 bits per heavy atom. The molecule has 1 aliphatic heterocycles. The first-order valence-corrected chi connectivity index (χ1v) is 8.00. The number of carbonyl (C=O) groups excluding carboxylic acids is 2. The minimum absolute atomic E-state index is 0.102. The third kappa shape index (κ3) is 4.01. The number of nitro groups is 1. The van der Waals surface area contributed by atoms with Gasteiger partial charge in [0.25, 0.3) is 5.69 Å². The smallest absolute Gasteiger partial charge is 0.343 e. The van der Waals surface area contributed by atoms with Crippen molar-refractivity contribution in [1.29, 1.82) is 0 Å². The lowest BCUT2D eigenvalue weighted by Gasteiger charge is -2.09. The molecule has 9 heteroatoms. The third-order valence-corrected chi connectivity index (χ3v) is 3.97. The Morgan fingerprint density at radius 3 is 2.35 bits per heavy atom. The lowest BCUT2D eigenvalue weighted by Crippen LogP contribution is -2.30. The summed E-state index contributed by atoms with van der Waals surface area (Å²) in [6.07, 6.45) is 0.447. The molecule has 0 spiro atoms. The molecule has 26 heavy (non-hydrogen) atoms. The van der Waals surface area contributed by atoms with Gasteiger partial charge in [-0.1, -0.05) is 12.1 Å². The van der Waals surface area contributed by atoms with Crippen LogP contribution in [0, 0.1) is 10.1 Å². The molecule has 0 aromatic heterocycles. The minimum atomic E-state index is -0.616. The summed E-state index contributed by atoms with van der Waals surface area (Å²) in [7, 11) is 0. The highest BCUT2D eigenvalue weighted by Crippen LogP contribution is 2.17. The van der Waals surface area contributed by atoms with Gasteiger partial charge in [0.1, 0.15) is 11.8 Å². The molecular formula is C17H13N3O5S. The average Bonchev–Trinajstić information content (AvgIpc) is 2.94. The number of nitrogens with zero attached hydrogens (tertiary/aromatic N) is 1. The van der Waals surface area contributed by atoms with E-state index in [9.17, 15) is 19.7 Å². The number of ether oxygens (including phenoxy) is 1. The van der Waals surface area contributed by atoms with Crippen LogP contribution < -0.4 is 15.4 Å². The van der Waals surface area contributed by atoms with E-state index in [1.807, 2.05) is 0 Å². The summed E-state index contributed by atoms with van der Waals surface area (Å²) in [6, 6.07) is 11.4. The van der Waals surface area contributed by atoms with Crippen LogP contribution in [-0.2, 0) is 11.2 Å². The van der Waals surface area contributed by atoms with Gasteiger partial charge in [0.05, 0.1) is 10.5 Å². The van der Waals surface area contributed by atoms with Crippen LogP contribution in [0.4, 0.5) is 5.69 Å². The van der Waals surface area contributed by atoms with Crippen molar-refractivity contribution in [2.45, 2.75) is 12.5 Å². The Balaban J connectivity index is 1.61. The molecule has 0 bridgehead atoms. The van der Waals surface area contributed by atoms with Gasteiger partial charge in [-0.05, 0) is 42.0 Å². The van der Waals surface area contributed by atoms with Gasteiger partial charge in [0, 0.05) is 18.6 Å². The normalized spacial score (nSPS) is 15.9. The number of nitrogens with one attached hydrogen (secondary N) is 2. The van der Waals surface area contributed by atoms with Gasteiger partial charge in [-0.2, -0.15) is 0 Å². The van der Waals surface area contributed by atoms with E-state index >= 15 is 0 Å². The zero-order chi connectivity index (χ0) is 18.7. The molecule has 1 fully saturated rings. The van der Waals surface area contributed by atoms with Crippen molar-refractivity contribution in [3.8, 4) is 5.75 Å². The van der Waals surface area contributed by atoms with Gasteiger partial charge in [-0.25, -0.2) is 4.79 Å². The molecule has 1 amide bonds. The van der Waals surface area contributed by atoms with Crippen molar-refractivity contribution in [2.75, 3.05) is 0 Å². The van der Waals surface area contributed by atoms with Gasteiger partial charge in [-0.3, -0.25) is 14.9 Å². The zero-order valence-electron chi connectivity index (χ0n) is 13.3. The average molecular weight is 371 g/mol. The number of non-ortho nitro benzene ring substituents is 1. The van der Waals surface area contributed by atoms with Gasteiger partial charge in [0.2, 0.25) is 5.91 Å². The molecule has 1 unspecified atom stereocenters. The van der Waals surface area contributed by atoms with E-state index in [2.05, 4.69) is 10.6 Å². The fraction of sp³-hybridized carbons (Fsp3) is 0.118. The number of amides is 1. The number of thiocarbonyl (C=S) groups is 1. The highest BCUT2D eigenvalue weighted by atomic mass is 32.1. The van der Waals surface area contributed by atoms with E-state index in [0.29, 0.717) is 17.3 Å². The molecular weight excluding hydrogens is 358 g/mol. The topological polar surface area (TPSA) is 111 Å². The number of nitro benzene ring substituents is 1. The van der Waals surface area contributed by atoms with Crippen LogP contribution in [0.1, 0.15) is 15.9 Å². The fourth-order valence-corrected chi connectivity index (χ4v) is 2.66. The molecule has 8 nitrogen and oxygen atoms in total. The first-order valence-electron chi connectivity index (χ1n) is 7.59. The van der Waals surface area contributed by atoms with Crippen molar-refractivity contribution in [3.63, 3.8) is 0 Å². The Morgan fingerprint density at radius 1 is 1.15 bits per heavy atom. The summed E-state index contributed by atoms with van der Waals surface area (Å²) in [5, 5.41) is 16.3. The maximum atomic E-state index is 12.1. The monoisotopic (exact) mass is 371 g/mol. The largest absolute Gasteiger partial charge is 0.423 e. The maximum Gasteiger partial charge on any atom is 0.343 e. The third-order valence-electron chi connectivity index (χ3n) is 3.75. The number of hydrogen-bond donors (Lipinski definition) is 2. The number of esters is 1. The first kappa shape index (κ1) is 17.5. The van der Waals surface area contributed by atoms with Crippen molar-refractivity contribution in [2.24, 2.45) is 0 Å². The summed E-state index contributed by atoms with van der Waals surface area (Å²) in [5.41, 5.74) is 0.979. The molecule has 2 aromatic rings. The number of hydrogen-bond acceptors (Lipinski definition) is 6. The second-order valence-electron chi connectivity index (χ2n) is 5.56. The maximum absolute atomic E-state index is 12.1. The minimum Gasteiger partial charge on any atom is -0.423 e. The molecule has 0 aliphatic carbocycles. The molecule has 0 saturated carbocycles. The van der Waals surface area contributed by atoms with E-state index in [1.54, 1.807) is 24.3 Å². The quantitative estimate of drug-likeness (QED) is 0.271. The summed E-state index contributed by atoms with van der Waals surface area (Å²) in [5.74, 6) is -0.463. The standard InChI is InChI=1S/C17H13N3O5S/c21-15-14(18-17(26)19-15)9-10-1-7-13(8-2-10)25-16(22)11-3-5-12(6-4-11)20(23)24/h1-8,14H,9H2,(H2,18,19,21,26). The summed E-state index contributed by atoms with van der Waals surface area (Å²) in [6.45, 7) is 0. The number of rotatable bonds is 5. The van der Waals surface area contributed by atoms with Crippen molar-refractivity contribution in [1.82, 2.24) is 10.6 Å². The molecule has 1 atom stereocenters. The molecule has 0 radical (unpaired) electrons. The van der Waals surface area contributed by atoms with E-state index < -0.39 is 16.9 Å². The molecule has 132 valence electrons. The van der Waals surface area contributed by atoms with Crippen LogP contribution in [0.3, 0.4) is 0 Å². The molecule has 1 aliphatic rings. The van der Waals surface area contributed by atoms with Crippen LogP contribution in [0.5, 0.6) is 5.75 Å². The predicted molar refractivity (Wildman–Crippen MR) is 95.9 cm³/mol. The fourth-order valence-electron chi connectivity index (χ4n) is 2.42. The highest BCUT2D eigenvalue weighted by molar-refractivity contribution is 7.80. The SMILES string of the molecule is O=C(Oc1ccc(CC2NC(=S)NC2=O)cc1)c1ccc([N+](=O)[O-])cc1. The van der Waals surface area contributed by atoms with Crippen molar-refractivity contribution < 1.29 is 19.2 Å². The lowest BCUT2D eigenvalue weighted by molar-refractivity contribution is -0.384. The summed E-state index contributed by atoms with van der Waals surface area (Å²) in [4.78, 5) is 33.8. The summed E-state index contributed by atoms with van der Waals surface area (Å²) >= 11 is 4.89.